The van der Waals surface area contributed by atoms with Crippen LogP contribution in [-0.2, 0) is 14.8 Å². The molecule has 0 aromatic carbocycles. The summed E-state index contributed by atoms with van der Waals surface area (Å²) >= 11 is 0. The van der Waals surface area contributed by atoms with E-state index in [0.717, 1.165) is 4.31 Å². The predicted octanol–water partition coefficient (Wildman–Crippen LogP) is 1.05. The lowest BCUT2D eigenvalue weighted by atomic mass is 10.0. The van der Waals surface area contributed by atoms with Crippen molar-refractivity contribution in [3.8, 4) is 0 Å². The summed E-state index contributed by atoms with van der Waals surface area (Å²) in [7, 11) is -3.87. The van der Waals surface area contributed by atoms with Crippen molar-refractivity contribution in [3.63, 3.8) is 0 Å². The van der Waals surface area contributed by atoms with Crippen molar-refractivity contribution in [2.75, 3.05) is 6.54 Å². The second kappa shape index (κ2) is 4.81. The van der Waals surface area contributed by atoms with Gasteiger partial charge in [0.1, 0.15) is 16.6 Å². The van der Waals surface area contributed by atoms with Gasteiger partial charge in [0.15, 0.2) is 0 Å². The number of carboxylic acids is 1. The quantitative estimate of drug-likeness (QED) is 0.882. The van der Waals surface area contributed by atoms with E-state index in [1.54, 1.807) is 25.3 Å². The number of carbonyl (C=O) groups is 1. The SMILES string of the molecule is CC1CCN(S(=O)(=O)c2c[nH]c3ncccc23)C1C(=O)O. The first kappa shape index (κ1) is 14.0. The van der Waals surface area contributed by atoms with Gasteiger partial charge in [-0.25, -0.2) is 13.4 Å². The Morgan fingerprint density at radius 1 is 1.52 bits per heavy atom. The van der Waals surface area contributed by atoms with Gasteiger partial charge >= 0.3 is 5.97 Å². The number of fused-ring (bicyclic) bond motifs is 1. The number of nitrogens with one attached hydrogen (secondary N) is 1. The minimum atomic E-state index is -3.87. The van der Waals surface area contributed by atoms with Crippen LogP contribution in [0.4, 0.5) is 0 Å². The van der Waals surface area contributed by atoms with Crippen LogP contribution < -0.4 is 0 Å². The van der Waals surface area contributed by atoms with Crippen molar-refractivity contribution >= 4 is 27.0 Å². The minimum absolute atomic E-state index is 0.0750. The molecule has 0 amide bonds. The fourth-order valence-corrected chi connectivity index (χ4v) is 4.66. The number of hydrogen-bond acceptors (Lipinski definition) is 4. The zero-order chi connectivity index (χ0) is 15.2. The largest absolute Gasteiger partial charge is 0.480 e. The molecule has 1 fully saturated rings. The zero-order valence-corrected chi connectivity index (χ0v) is 12.2. The number of aromatic nitrogens is 2. The molecule has 2 atom stereocenters. The smallest absolute Gasteiger partial charge is 0.322 e. The van der Waals surface area contributed by atoms with Gasteiger partial charge in [-0.3, -0.25) is 4.79 Å². The maximum Gasteiger partial charge on any atom is 0.322 e. The normalized spacial score (nSPS) is 23.7. The summed E-state index contributed by atoms with van der Waals surface area (Å²) in [6, 6.07) is 2.29. The van der Waals surface area contributed by atoms with Gasteiger partial charge in [0.25, 0.3) is 0 Å². The highest BCUT2D eigenvalue weighted by molar-refractivity contribution is 7.89. The number of pyridine rings is 1. The third-order valence-electron chi connectivity index (χ3n) is 3.91. The van der Waals surface area contributed by atoms with Crippen LogP contribution >= 0.6 is 0 Å². The molecule has 3 heterocycles. The molecule has 0 radical (unpaired) electrons. The number of aromatic amines is 1. The van der Waals surface area contributed by atoms with E-state index in [1.807, 2.05) is 0 Å². The first-order chi connectivity index (χ1) is 9.93. The second-order valence-electron chi connectivity index (χ2n) is 5.22. The Kier molecular flexibility index (Phi) is 3.22. The van der Waals surface area contributed by atoms with Gasteiger partial charge < -0.3 is 10.1 Å². The van der Waals surface area contributed by atoms with E-state index in [4.69, 9.17) is 0 Å². The summed E-state index contributed by atoms with van der Waals surface area (Å²) in [6.07, 6.45) is 3.47. The average Bonchev–Trinajstić information content (AvgIpc) is 3.02. The molecule has 0 saturated carbocycles. The summed E-state index contributed by atoms with van der Waals surface area (Å²) < 4.78 is 26.6. The van der Waals surface area contributed by atoms with E-state index in [0.29, 0.717) is 17.5 Å². The van der Waals surface area contributed by atoms with E-state index in [9.17, 15) is 18.3 Å². The Morgan fingerprint density at radius 3 is 3.00 bits per heavy atom. The highest BCUT2D eigenvalue weighted by atomic mass is 32.2. The van der Waals surface area contributed by atoms with Crippen molar-refractivity contribution in [3.05, 3.63) is 24.5 Å². The Labute approximate surface area is 121 Å². The molecule has 21 heavy (non-hydrogen) atoms. The van der Waals surface area contributed by atoms with Crippen molar-refractivity contribution in [1.82, 2.24) is 14.3 Å². The number of rotatable bonds is 3. The molecule has 2 unspecified atom stereocenters. The van der Waals surface area contributed by atoms with Gasteiger partial charge in [0.2, 0.25) is 10.0 Å². The van der Waals surface area contributed by atoms with E-state index in [-0.39, 0.29) is 17.4 Å². The molecule has 7 nitrogen and oxygen atoms in total. The molecule has 0 spiro atoms. The van der Waals surface area contributed by atoms with Crippen molar-refractivity contribution in [2.45, 2.75) is 24.3 Å². The van der Waals surface area contributed by atoms with Gasteiger partial charge in [-0.05, 0) is 24.5 Å². The van der Waals surface area contributed by atoms with Gasteiger partial charge in [-0.2, -0.15) is 4.31 Å². The first-order valence-electron chi connectivity index (χ1n) is 6.59. The molecule has 2 aromatic rings. The van der Waals surface area contributed by atoms with Crippen LogP contribution in [0.25, 0.3) is 11.0 Å². The molecule has 2 N–H and O–H groups in total. The van der Waals surface area contributed by atoms with Gasteiger partial charge in [0, 0.05) is 24.3 Å². The molecule has 3 rings (SSSR count). The van der Waals surface area contributed by atoms with E-state index < -0.39 is 22.0 Å². The van der Waals surface area contributed by atoms with Crippen LogP contribution in [0.3, 0.4) is 0 Å². The maximum absolute atomic E-state index is 12.8. The number of H-pyrrole nitrogens is 1. The molecule has 1 saturated heterocycles. The van der Waals surface area contributed by atoms with Crippen molar-refractivity contribution < 1.29 is 18.3 Å². The van der Waals surface area contributed by atoms with Crippen molar-refractivity contribution in [2.24, 2.45) is 5.92 Å². The number of carboxylic acid groups (broad SMARTS) is 1. The summed E-state index contributed by atoms with van der Waals surface area (Å²) in [5.74, 6) is -1.32. The predicted molar refractivity (Wildman–Crippen MR) is 75.2 cm³/mol. The van der Waals surface area contributed by atoms with E-state index >= 15 is 0 Å². The minimum Gasteiger partial charge on any atom is -0.480 e. The Hall–Kier alpha value is -1.93. The summed E-state index contributed by atoms with van der Waals surface area (Å²) in [6.45, 7) is 1.97. The molecule has 8 heteroatoms. The molecule has 2 aromatic heterocycles. The van der Waals surface area contributed by atoms with Crippen LogP contribution in [0.2, 0.25) is 0 Å². The van der Waals surface area contributed by atoms with Gasteiger partial charge in [-0.1, -0.05) is 6.92 Å². The van der Waals surface area contributed by atoms with Crippen LogP contribution in [0.15, 0.2) is 29.4 Å². The highest BCUT2D eigenvalue weighted by Crippen LogP contribution is 2.32. The molecule has 112 valence electrons. The van der Waals surface area contributed by atoms with E-state index in [1.165, 1.54) is 6.20 Å². The maximum atomic E-state index is 12.8. The number of nitrogens with zero attached hydrogens (tertiary/aromatic N) is 2. The monoisotopic (exact) mass is 309 g/mol. The summed E-state index contributed by atoms with van der Waals surface area (Å²) in [5.41, 5.74) is 0.468. The topological polar surface area (TPSA) is 103 Å². The summed E-state index contributed by atoms with van der Waals surface area (Å²) in [4.78, 5) is 18.3. The lowest BCUT2D eigenvalue weighted by molar-refractivity contribution is -0.141. The first-order valence-corrected chi connectivity index (χ1v) is 8.03. The third kappa shape index (κ3) is 2.11. The molecular weight excluding hydrogens is 294 g/mol. The number of aliphatic carboxylic acids is 1. The Morgan fingerprint density at radius 2 is 2.29 bits per heavy atom. The van der Waals surface area contributed by atoms with Gasteiger partial charge in [-0.15, -0.1) is 0 Å². The van der Waals surface area contributed by atoms with Gasteiger partial charge in [0.05, 0.1) is 0 Å². The number of hydrogen-bond donors (Lipinski definition) is 2. The van der Waals surface area contributed by atoms with Crippen LogP contribution in [0, 0.1) is 5.92 Å². The standard InChI is InChI=1S/C13H15N3O4S/c1-8-4-6-16(11(8)13(17)18)21(19,20)10-7-15-12-9(10)3-2-5-14-12/h2-3,5,7-8,11H,4,6H2,1H3,(H,14,15)(H,17,18). The number of sulfonamides is 1. The van der Waals surface area contributed by atoms with Crippen LogP contribution in [0.5, 0.6) is 0 Å². The molecular formula is C13H15N3O4S. The lowest BCUT2D eigenvalue weighted by Gasteiger charge is -2.22. The Balaban J connectivity index is 2.10. The zero-order valence-electron chi connectivity index (χ0n) is 11.4. The van der Waals surface area contributed by atoms with E-state index in [2.05, 4.69) is 9.97 Å². The highest BCUT2D eigenvalue weighted by Gasteiger charge is 2.44. The second-order valence-corrected chi connectivity index (χ2v) is 7.08. The molecule has 1 aliphatic rings. The fourth-order valence-electron chi connectivity index (χ4n) is 2.82. The van der Waals surface area contributed by atoms with Crippen LogP contribution in [0.1, 0.15) is 13.3 Å². The fraction of sp³-hybridized carbons (Fsp3) is 0.385. The van der Waals surface area contributed by atoms with Crippen molar-refractivity contribution in [1.29, 1.82) is 0 Å². The molecule has 1 aliphatic heterocycles. The lowest BCUT2D eigenvalue weighted by Crippen LogP contribution is -2.42. The molecule has 0 aliphatic carbocycles. The van der Waals surface area contributed by atoms with Crippen LogP contribution in [-0.4, -0.2) is 46.4 Å². The third-order valence-corrected chi connectivity index (χ3v) is 5.83. The Bertz CT molecular complexity index is 799. The summed E-state index contributed by atoms with van der Waals surface area (Å²) in [5, 5.41) is 9.78. The molecule has 0 bridgehead atoms. The average molecular weight is 309 g/mol.